The third kappa shape index (κ3) is 8.04. The third-order valence-corrected chi connectivity index (χ3v) is 6.69. The Morgan fingerprint density at radius 3 is 2.25 bits per heavy atom. The van der Waals surface area contributed by atoms with Gasteiger partial charge in [-0.15, -0.1) is 24.0 Å². The van der Waals surface area contributed by atoms with Crippen LogP contribution in [0, 0.1) is 0 Å². The molecule has 0 saturated carbocycles. The van der Waals surface area contributed by atoms with Crippen LogP contribution in [0.5, 0.6) is 0 Å². The summed E-state index contributed by atoms with van der Waals surface area (Å²) in [5.41, 5.74) is 0.540. The Kier molecular flexibility index (Phi) is 10.2. The number of benzene rings is 1. The van der Waals surface area contributed by atoms with Gasteiger partial charge in [0, 0.05) is 31.9 Å². The van der Waals surface area contributed by atoms with Gasteiger partial charge < -0.3 is 15.7 Å². The number of aliphatic hydroxyl groups is 1. The number of hydrogen-bond donors (Lipinski definition) is 3. The second kappa shape index (κ2) is 11.5. The molecule has 0 radical (unpaired) electrons. The van der Waals surface area contributed by atoms with Gasteiger partial charge in [0.05, 0.1) is 23.4 Å². The molecule has 1 aromatic heterocycles. The first-order chi connectivity index (χ1) is 14.3. The highest BCUT2D eigenvalue weighted by atomic mass is 127. The van der Waals surface area contributed by atoms with Gasteiger partial charge >= 0.3 is 0 Å². The van der Waals surface area contributed by atoms with Crippen molar-refractivity contribution in [1.82, 2.24) is 20.4 Å². The van der Waals surface area contributed by atoms with Crippen molar-refractivity contribution in [3.8, 4) is 0 Å². The van der Waals surface area contributed by atoms with E-state index in [0.717, 1.165) is 5.56 Å². The molecule has 10 heteroatoms. The van der Waals surface area contributed by atoms with E-state index in [4.69, 9.17) is 0 Å². The van der Waals surface area contributed by atoms with Crippen molar-refractivity contribution in [3.63, 3.8) is 0 Å². The van der Waals surface area contributed by atoms with E-state index in [1.165, 1.54) is 0 Å². The molecule has 1 atom stereocenters. The Labute approximate surface area is 208 Å². The SMILES string of the molecule is CCNC(=NCC(C)(O)c1cnn(C)c1)NCCS(=O)(=O)c1ccc(C(C)(C)C)cc1.I. The molecule has 3 N–H and O–H groups in total. The Morgan fingerprint density at radius 1 is 1.12 bits per heavy atom. The van der Waals surface area contributed by atoms with Crippen molar-refractivity contribution in [2.45, 2.75) is 50.5 Å². The highest BCUT2D eigenvalue weighted by molar-refractivity contribution is 14.0. The molecule has 0 saturated heterocycles. The number of halogens is 1. The van der Waals surface area contributed by atoms with Gasteiger partial charge in [-0.05, 0) is 37.0 Å². The molecule has 180 valence electrons. The summed E-state index contributed by atoms with van der Waals surface area (Å²) in [6.07, 6.45) is 3.35. The Morgan fingerprint density at radius 2 is 1.75 bits per heavy atom. The summed E-state index contributed by atoms with van der Waals surface area (Å²) in [6.45, 7) is 10.8. The van der Waals surface area contributed by atoms with Crippen LogP contribution in [0.1, 0.15) is 45.7 Å². The van der Waals surface area contributed by atoms with Gasteiger partial charge in [-0.1, -0.05) is 32.9 Å². The molecule has 1 unspecified atom stereocenters. The van der Waals surface area contributed by atoms with Gasteiger partial charge in [-0.2, -0.15) is 5.10 Å². The lowest BCUT2D eigenvalue weighted by atomic mass is 9.87. The monoisotopic (exact) mass is 577 g/mol. The van der Waals surface area contributed by atoms with E-state index in [1.54, 1.807) is 43.2 Å². The number of aryl methyl sites for hydroxylation is 1. The highest BCUT2D eigenvalue weighted by Gasteiger charge is 2.24. The fourth-order valence-corrected chi connectivity index (χ4v) is 4.11. The summed E-state index contributed by atoms with van der Waals surface area (Å²) in [5.74, 6) is 0.385. The summed E-state index contributed by atoms with van der Waals surface area (Å²) in [7, 11) is -1.64. The van der Waals surface area contributed by atoms with E-state index in [9.17, 15) is 13.5 Å². The zero-order valence-corrected chi connectivity index (χ0v) is 22.9. The first kappa shape index (κ1) is 28.4. The molecule has 0 aliphatic rings. The molecule has 2 aromatic rings. The lowest BCUT2D eigenvalue weighted by Gasteiger charge is -2.20. The minimum atomic E-state index is -3.42. The van der Waals surface area contributed by atoms with Crippen LogP contribution in [0.3, 0.4) is 0 Å². The van der Waals surface area contributed by atoms with Crippen LogP contribution >= 0.6 is 24.0 Å². The third-order valence-electron chi connectivity index (χ3n) is 4.96. The normalized spacial score (nSPS) is 14.4. The number of nitrogens with zero attached hydrogens (tertiary/aromatic N) is 3. The Balaban J connectivity index is 0.00000512. The smallest absolute Gasteiger partial charge is 0.191 e. The lowest BCUT2D eigenvalue weighted by Crippen LogP contribution is -2.40. The van der Waals surface area contributed by atoms with Crippen LogP contribution < -0.4 is 10.6 Å². The molecule has 0 aliphatic carbocycles. The molecule has 0 amide bonds. The van der Waals surface area contributed by atoms with Gasteiger partial charge in [-0.3, -0.25) is 4.68 Å². The molecule has 1 heterocycles. The average molecular weight is 578 g/mol. The van der Waals surface area contributed by atoms with Gasteiger partial charge in [0.1, 0.15) is 5.60 Å². The molecule has 0 spiro atoms. The van der Waals surface area contributed by atoms with Gasteiger partial charge in [-0.25, -0.2) is 13.4 Å². The zero-order chi connectivity index (χ0) is 23.3. The summed E-state index contributed by atoms with van der Waals surface area (Å²) in [6, 6.07) is 7.07. The van der Waals surface area contributed by atoms with E-state index >= 15 is 0 Å². The van der Waals surface area contributed by atoms with Crippen molar-refractivity contribution in [1.29, 1.82) is 0 Å². The van der Waals surface area contributed by atoms with E-state index in [-0.39, 0.29) is 48.2 Å². The number of aliphatic imine (C=N–C) groups is 1. The predicted octanol–water partition coefficient (Wildman–Crippen LogP) is 2.57. The van der Waals surface area contributed by atoms with Crippen molar-refractivity contribution in [2.75, 3.05) is 25.4 Å². The molecule has 0 bridgehead atoms. The van der Waals surface area contributed by atoms with Gasteiger partial charge in [0.25, 0.3) is 0 Å². The number of hydrogen-bond acceptors (Lipinski definition) is 5. The quantitative estimate of drug-likeness (QED) is 0.253. The highest BCUT2D eigenvalue weighted by Crippen LogP contribution is 2.23. The van der Waals surface area contributed by atoms with Gasteiger partial charge in [0.2, 0.25) is 0 Å². The largest absolute Gasteiger partial charge is 0.383 e. The number of sulfone groups is 1. The van der Waals surface area contributed by atoms with Crippen LogP contribution in [0.25, 0.3) is 0 Å². The van der Waals surface area contributed by atoms with Crippen LogP contribution in [-0.2, 0) is 27.9 Å². The maximum absolute atomic E-state index is 12.7. The predicted molar refractivity (Wildman–Crippen MR) is 139 cm³/mol. The number of guanidine groups is 1. The fraction of sp³-hybridized carbons (Fsp3) is 0.545. The standard InChI is InChI=1S/C22H35N5O3S.HI/c1-7-23-20(25-16-22(5,28)18-14-26-27(6)15-18)24-12-13-31(29,30)19-10-8-17(9-11-19)21(2,3)4;/h8-11,14-15,28H,7,12-13,16H2,1-6H3,(H2,23,24,25);1H. The second-order valence-corrected chi connectivity index (χ2v) is 11.0. The van der Waals surface area contributed by atoms with Crippen LogP contribution in [0.15, 0.2) is 46.5 Å². The maximum Gasteiger partial charge on any atom is 0.191 e. The van der Waals surface area contributed by atoms with Crippen LogP contribution in [-0.4, -0.2) is 54.7 Å². The van der Waals surface area contributed by atoms with Crippen LogP contribution in [0.2, 0.25) is 0 Å². The average Bonchev–Trinajstić information content (AvgIpc) is 3.13. The summed E-state index contributed by atoms with van der Waals surface area (Å²) in [4.78, 5) is 4.72. The molecule has 0 fully saturated rings. The molecule has 2 rings (SSSR count). The first-order valence-electron chi connectivity index (χ1n) is 10.4. The number of nitrogens with one attached hydrogen (secondary N) is 2. The summed E-state index contributed by atoms with van der Waals surface area (Å²) >= 11 is 0. The van der Waals surface area contributed by atoms with E-state index in [1.807, 2.05) is 19.1 Å². The molecule has 1 aromatic carbocycles. The second-order valence-electron chi connectivity index (χ2n) is 8.89. The van der Waals surface area contributed by atoms with Crippen molar-refractivity contribution < 1.29 is 13.5 Å². The van der Waals surface area contributed by atoms with Crippen molar-refractivity contribution in [3.05, 3.63) is 47.8 Å². The minimum absolute atomic E-state index is 0. The number of aromatic nitrogens is 2. The van der Waals surface area contributed by atoms with E-state index in [2.05, 4.69) is 41.5 Å². The molecule has 32 heavy (non-hydrogen) atoms. The zero-order valence-electron chi connectivity index (χ0n) is 19.7. The fourth-order valence-electron chi connectivity index (χ4n) is 2.95. The summed E-state index contributed by atoms with van der Waals surface area (Å²) < 4.78 is 27.0. The van der Waals surface area contributed by atoms with Gasteiger partial charge in [0.15, 0.2) is 15.8 Å². The Bertz CT molecular complexity index is 993. The molecular formula is C22H36IN5O3S. The topological polar surface area (TPSA) is 109 Å². The maximum atomic E-state index is 12.7. The van der Waals surface area contributed by atoms with E-state index < -0.39 is 15.4 Å². The first-order valence-corrected chi connectivity index (χ1v) is 12.1. The lowest BCUT2D eigenvalue weighted by molar-refractivity contribution is 0.0672. The Hall–Kier alpha value is -1.66. The molecular weight excluding hydrogens is 541 g/mol. The van der Waals surface area contributed by atoms with Crippen LogP contribution in [0.4, 0.5) is 0 Å². The molecule has 8 nitrogen and oxygen atoms in total. The van der Waals surface area contributed by atoms with Crippen molar-refractivity contribution in [2.24, 2.45) is 12.0 Å². The summed E-state index contributed by atoms with van der Waals surface area (Å²) in [5, 5.41) is 20.9. The minimum Gasteiger partial charge on any atom is -0.383 e. The van der Waals surface area contributed by atoms with E-state index in [0.29, 0.717) is 23.0 Å². The number of rotatable bonds is 8. The van der Waals surface area contributed by atoms with Crippen molar-refractivity contribution >= 4 is 39.8 Å². The molecule has 0 aliphatic heterocycles.